The molecule has 0 radical (unpaired) electrons. The number of hydrogen-bond donors (Lipinski definition) is 0. The molecule has 0 bridgehead atoms. The molecule has 2 rings (SSSR count). The van der Waals surface area contributed by atoms with Crippen LogP contribution in [0.15, 0.2) is 45.3 Å². The molecule has 0 aliphatic heterocycles. The van der Waals surface area contributed by atoms with E-state index in [0.717, 1.165) is 25.6 Å². The van der Waals surface area contributed by atoms with Crippen molar-refractivity contribution >= 4 is 37.8 Å². The van der Waals surface area contributed by atoms with E-state index in [1.807, 2.05) is 44.2 Å². The van der Waals surface area contributed by atoms with Gasteiger partial charge in [-0.1, -0.05) is 44.0 Å². The van der Waals surface area contributed by atoms with Gasteiger partial charge < -0.3 is 9.80 Å². The number of nitrogens with zero attached hydrogens (tertiary/aromatic N) is 2. The second-order valence-electron chi connectivity index (χ2n) is 6.13. The van der Waals surface area contributed by atoms with Gasteiger partial charge in [-0.05, 0) is 68.9 Å². The minimum atomic E-state index is -1.41. The first-order valence-electron chi connectivity index (χ1n) is 8.79. The molecule has 0 N–H and O–H groups in total. The molecule has 136 valence electrons. The minimum Gasteiger partial charge on any atom is -0.345 e. The average molecular weight is 472 g/mol. The van der Waals surface area contributed by atoms with E-state index < -0.39 is 6.50 Å². The third kappa shape index (κ3) is 7.30. The van der Waals surface area contributed by atoms with E-state index in [1.54, 1.807) is 44.1 Å². The van der Waals surface area contributed by atoms with Gasteiger partial charge in [0.15, 0.2) is 0 Å². The van der Waals surface area contributed by atoms with E-state index in [1.165, 1.54) is 0 Å². The fourth-order valence-electron chi connectivity index (χ4n) is 2.01. The summed E-state index contributed by atoms with van der Waals surface area (Å²) in [6.07, 6.45) is 0. The number of hydrogen-bond acceptors (Lipinski definition) is 2. The Morgan fingerprint density at radius 2 is 1.48 bits per heavy atom. The normalized spacial score (nSPS) is 12.0. The Bertz CT molecular complexity index is 809. The van der Waals surface area contributed by atoms with E-state index in [-0.39, 0.29) is 5.91 Å². The monoisotopic (exact) mass is 470 g/mol. The van der Waals surface area contributed by atoms with E-state index in [0.29, 0.717) is 5.56 Å². The number of rotatable bonds is 3. The van der Waals surface area contributed by atoms with Crippen molar-refractivity contribution in [2.75, 3.05) is 28.2 Å². The number of carbonyl (C=O) groups is 1. The number of benzene rings is 2. The third-order valence-corrected chi connectivity index (χ3v) is 5.10. The van der Waals surface area contributed by atoms with Crippen molar-refractivity contribution in [3.05, 3.63) is 67.6 Å². The summed E-state index contributed by atoms with van der Waals surface area (Å²) in [4.78, 5) is 14.7. The van der Waals surface area contributed by atoms with E-state index >= 15 is 0 Å². The third-order valence-electron chi connectivity index (χ3n) is 3.32. The van der Waals surface area contributed by atoms with Crippen LogP contribution in [0.3, 0.4) is 0 Å². The summed E-state index contributed by atoms with van der Waals surface area (Å²) in [5.41, 5.74) is 3.54. The molecule has 0 aliphatic carbocycles. The lowest BCUT2D eigenvalue weighted by Gasteiger charge is -2.10. The van der Waals surface area contributed by atoms with Gasteiger partial charge in [0.05, 0.1) is 0 Å². The summed E-state index contributed by atoms with van der Waals surface area (Å²) in [6.45, 7) is 2.52. The van der Waals surface area contributed by atoms with Gasteiger partial charge in [0.2, 0.25) is 0 Å². The molecule has 0 spiro atoms. The van der Waals surface area contributed by atoms with Crippen LogP contribution in [-0.4, -0.2) is 43.9 Å². The van der Waals surface area contributed by atoms with Crippen LogP contribution < -0.4 is 0 Å². The summed E-state index contributed by atoms with van der Waals surface area (Å²) < 4.78 is 17.8. The van der Waals surface area contributed by atoms with Crippen molar-refractivity contribution in [3.8, 4) is 0 Å². The van der Waals surface area contributed by atoms with Crippen LogP contribution in [-0.2, 0) is 6.50 Å². The Hall–Kier alpha value is -1.17. The number of amides is 1. The van der Waals surface area contributed by atoms with Gasteiger partial charge >= 0.3 is 0 Å². The smallest absolute Gasteiger partial charge is 0.253 e. The Labute approximate surface area is 171 Å². The Balaban J connectivity index is 0.000000271. The lowest BCUT2D eigenvalue weighted by atomic mass is 10.1. The molecular weight excluding hydrogens is 444 g/mol. The fourth-order valence-corrected chi connectivity index (χ4v) is 2.50. The number of aryl methyl sites for hydroxylation is 2. The maximum absolute atomic E-state index is 11.5. The molecule has 0 unspecified atom stereocenters. The molecule has 0 aromatic heterocycles. The van der Waals surface area contributed by atoms with Crippen LogP contribution in [0.5, 0.6) is 0 Å². The highest BCUT2D eigenvalue weighted by Gasteiger charge is 2.08. The molecule has 5 heteroatoms. The zero-order chi connectivity index (χ0) is 20.9. The van der Waals surface area contributed by atoms with Crippen molar-refractivity contribution in [2.24, 2.45) is 0 Å². The van der Waals surface area contributed by atoms with Gasteiger partial charge in [0.1, 0.15) is 0 Å². The first-order valence-corrected chi connectivity index (χ1v) is 9.38. The van der Waals surface area contributed by atoms with Gasteiger partial charge in [-0.25, -0.2) is 0 Å². The molecule has 0 fully saturated rings. The summed E-state index contributed by atoms with van der Waals surface area (Å²) in [6, 6.07) is 11.1. The van der Waals surface area contributed by atoms with E-state index in [9.17, 15) is 4.79 Å². The molecule has 0 aliphatic rings. The molecule has 0 atom stereocenters. The van der Waals surface area contributed by atoms with Gasteiger partial charge in [0, 0.05) is 37.8 Å². The van der Waals surface area contributed by atoms with Crippen LogP contribution in [0.4, 0.5) is 0 Å². The predicted molar refractivity (Wildman–Crippen MR) is 113 cm³/mol. The Morgan fingerprint density at radius 1 is 0.960 bits per heavy atom. The molecule has 0 heterocycles. The highest BCUT2D eigenvalue weighted by atomic mass is 79.9. The topological polar surface area (TPSA) is 23.6 Å². The summed E-state index contributed by atoms with van der Waals surface area (Å²) in [5.74, 6) is 0.0376. The van der Waals surface area contributed by atoms with Crippen molar-refractivity contribution in [1.29, 1.82) is 0 Å². The molecule has 0 saturated heterocycles. The van der Waals surface area contributed by atoms with Crippen LogP contribution in [0, 0.1) is 13.8 Å². The zero-order valence-corrected chi connectivity index (χ0v) is 18.7. The average Bonchev–Trinajstić information content (AvgIpc) is 2.59. The Morgan fingerprint density at radius 3 is 1.92 bits per heavy atom. The minimum absolute atomic E-state index is 0.0376. The lowest BCUT2D eigenvalue weighted by molar-refractivity contribution is 0.0827. The number of halogens is 2. The van der Waals surface area contributed by atoms with Crippen LogP contribution in [0.2, 0.25) is 0 Å². The molecule has 25 heavy (non-hydrogen) atoms. The second kappa shape index (κ2) is 10.1. The summed E-state index contributed by atoms with van der Waals surface area (Å²) in [7, 11) is 6.97. The quantitative estimate of drug-likeness (QED) is 0.607. The molecule has 0 saturated carbocycles. The van der Waals surface area contributed by atoms with Gasteiger partial charge in [-0.2, -0.15) is 0 Å². The summed E-state index contributed by atoms with van der Waals surface area (Å²) in [5, 5.41) is 0. The molecule has 2 aromatic carbocycles. The zero-order valence-electron chi connectivity index (χ0n) is 17.5. The SMILES string of the molecule is Cc1cc(C(=O)N(C)C)ccc1Br.[2H]C([2H])(c1ccc(Br)c(C)c1)N(C)C. The maximum atomic E-state index is 11.5. The predicted octanol–water partition coefficient (Wildman–Crippen LogP) is 5.28. The maximum Gasteiger partial charge on any atom is 0.253 e. The largest absolute Gasteiger partial charge is 0.345 e. The fraction of sp³-hybridized carbons (Fsp3) is 0.350. The van der Waals surface area contributed by atoms with Gasteiger partial charge in [0.25, 0.3) is 5.91 Å². The van der Waals surface area contributed by atoms with E-state index in [4.69, 9.17) is 2.74 Å². The summed E-state index contributed by atoms with van der Waals surface area (Å²) >= 11 is 6.79. The second-order valence-corrected chi connectivity index (χ2v) is 7.84. The van der Waals surface area contributed by atoms with Crippen molar-refractivity contribution < 1.29 is 7.54 Å². The first-order chi connectivity index (χ1) is 12.4. The van der Waals surface area contributed by atoms with Crippen LogP contribution in [0.1, 0.15) is 29.8 Å². The van der Waals surface area contributed by atoms with Crippen molar-refractivity contribution in [1.82, 2.24) is 9.80 Å². The van der Waals surface area contributed by atoms with E-state index in [2.05, 4.69) is 31.9 Å². The van der Waals surface area contributed by atoms with Crippen molar-refractivity contribution in [2.45, 2.75) is 20.3 Å². The van der Waals surface area contributed by atoms with Crippen LogP contribution in [0.25, 0.3) is 0 Å². The highest BCUT2D eigenvalue weighted by molar-refractivity contribution is 9.10. The first kappa shape index (κ1) is 18.6. The molecule has 3 nitrogen and oxygen atoms in total. The molecule has 1 amide bonds. The lowest BCUT2D eigenvalue weighted by Crippen LogP contribution is -2.21. The van der Waals surface area contributed by atoms with Crippen molar-refractivity contribution in [3.63, 3.8) is 0 Å². The Kier molecular flexibility index (Phi) is 7.52. The highest BCUT2D eigenvalue weighted by Crippen LogP contribution is 2.18. The number of carbonyl (C=O) groups excluding carboxylic acids is 1. The van der Waals surface area contributed by atoms with Gasteiger partial charge in [-0.15, -0.1) is 0 Å². The van der Waals surface area contributed by atoms with Gasteiger partial charge in [-0.3, -0.25) is 4.79 Å². The van der Waals surface area contributed by atoms with Crippen LogP contribution >= 0.6 is 31.9 Å². The molecule has 2 aromatic rings. The molecular formula is C20H26Br2N2O. The standard InChI is InChI=1S/C10H12BrNO.C10H14BrN/c1-7-6-8(4-5-9(7)11)10(13)12(2)3;1-8-6-9(7-12(2)3)4-5-10(8)11/h4-6H,1-3H3;4-6H,7H2,1-3H3/i;7D2.